The molecule has 1 heterocycles. The predicted octanol–water partition coefficient (Wildman–Crippen LogP) is 1.46. The van der Waals surface area contributed by atoms with E-state index in [9.17, 15) is 0 Å². The Balaban J connectivity index is 2.25. The van der Waals surface area contributed by atoms with Crippen molar-refractivity contribution < 1.29 is 0 Å². The minimum Gasteiger partial charge on any atom is -0.330 e. The van der Waals surface area contributed by atoms with Crippen LogP contribution in [-0.2, 0) is 0 Å². The SMILES string of the molecule is CCCN1CC(CC)(CCN)C1. The van der Waals surface area contributed by atoms with Crippen molar-refractivity contribution in [3.8, 4) is 0 Å². The van der Waals surface area contributed by atoms with Gasteiger partial charge in [0.2, 0.25) is 0 Å². The molecule has 0 aromatic rings. The molecule has 2 nitrogen and oxygen atoms in total. The van der Waals surface area contributed by atoms with Gasteiger partial charge in [0.05, 0.1) is 0 Å². The third-order valence-electron chi connectivity index (χ3n) is 3.08. The predicted molar refractivity (Wildman–Crippen MR) is 53.1 cm³/mol. The van der Waals surface area contributed by atoms with E-state index >= 15 is 0 Å². The molecule has 0 radical (unpaired) electrons. The van der Waals surface area contributed by atoms with E-state index in [0.717, 1.165) is 6.54 Å². The van der Waals surface area contributed by atoms with Gasteiger partial charge in [-0.15, -0.1) is 0 Å². The topological polar surface area (TPSA) is 29.3 Å². The quantitative estimate of drug-likeness (QED) is 0.677. The highest BCUT2D eigenvalue weighted by atomic mass is 15.2. The number of hydrogen-bond donors (Lipinski definition) is 1. The Morgan fingerprint density at radius 2 is 2.00 bits per heavy atom. The normalized spacial score (nSPS) is 22.2. The van der Waals surface area contributed by atoms with E-state index in [1.807, 2.05) is 0 Å². The average molecular weight is 170 g/mol. The fraction of sp³-hybridized carbons (Fsp3) is 1.00. The van der Waals surface area contributed by atoms with E-state index in [2.05, 4.69) is 18.7 Å². The first-order chi connectivity index (χ1) is 5.76. The Labute approximate surface area is 76.1 Å². The van der Waals surface area contributed by atoms with Gasteiger partial charge < -0.3 is 10.6 Å². The van der Waals surface area contributed by atoms with Crippen molar-refractivity contribution in [1.29, 1.82) is 0 Å². The summed E-state index contributed by atoms with van der Waals surface area (Å²) in [5.41, 5.74) is 6.19. The molecule has 0 aromatic carbocycles. The highest BCUT2D eigenvalue weighted by molar-refractivity contribution is 4.93. The third kappa shape index (κ3) is 1.99. The molecule has 0 aliphatic carbocycles. The molecular weight excluding hydrogens is 148 g/mol. The molecule has 0 unspecified atom stereocenters. The van der Waals surface area contributed by atoms with Crippen molar-refractivity contribution in [3.63, 3.8) is 0 Å². The summed E-state index contributed by atoms with van der Waals surface area (Å²) >= 11 is 0. The first-order valence-corrected chi connectivity index (χ1v) is 5.19. The largest absolute Gasteiger partial charge is 0.330 e. The summed E-state index contributed by atoms with van der Waals surface area (Å²) in [6, 6.07) is 0. The van der Waals surface area contributed by atoms with E-state index in [1.165, 1.54) is 38.9 Å². The number of nitrogens with two attached hydrogens (primary N) is 1. The molecule has 1 aliphatic heterocycles. The minimum atomic E-state index is 0.587. The molecule has 2 heteroatoms. The zero-order valence-electron chi connectivity index (χ0n) is 8.47. The van der Waals surface area contributed by atoms with Crippen LogP contribution < -0.4 is 5.73 Å². The number of hydrogen-bond acceptors (Lipinski definition) is 2. The zero-order chi connectivity index (χ0) is 9.03. The molecule has 0 atom stereocenters. The number of likely N-dealkylation sites (tertiary alicyclic amines) is 1. The average Bonchev–Trinajstić information content (AvgIpc) is 2.01. The van der Waals surface area contributed by atoms with Gasteiger partial charge in [0.1, 0.15) is 0 Å². The summed E-state index contributed by atoms with van der Waals surface area (Å²) < 4.78 is 0. The van der Waals surface area contributed by atoms with Gasteiger partial charge in [-0.25, -0.2) is 0 Å². The van der Waals surface area contributed by atoms with Crippen LogP contribution in [0.25, 0.3) is 0 Å². The highest BCUT2D eigenvalue weighted by Crippen LogP contribution is 2.36. The maximum Gasteiger partial charge on any atom is 0.00508 e. The van der Waals surface area contributed by atoms with Gasteiger partial charge in [-0.1, -0.05) is 13.8 Å². The summed E-state index contributed by atoms with van der Waals surface area (Å²) in [7, 11) is 0. The molecule has 0 spiro atoms. The molecular formula is C10H22N2. The molecule has 12 heavy (non-hydrogen) atoms. The lowest BCUT2D eigenvalue weighted by atomic mass is 9.74. The van der Waals surface area contributed by atoms with Crippen molar-refractivity contribution in [1.82, 2.24) is 4.90 Å². The lowest BCUT2D eigenvalue weighted by Crippen LogP contribution is -2.56. The smallest absolute Gasteiger partial charge is 0.00508 e. The Kier molecular flexibility index (Phi) is 3.53. The number of rotatable bonds is 5. The Bertz CT molecular complexity index is 128. The van der Waals surface area contributed by atoms with Crippen LogP contribution >= 0.6 is 0 Å². The van der Waals surface area contributed by atoms with Crippen LogP contribution in [0, 0.1) is 5.41 Å². The zero-order valence-corrected chi connectivity index (χ0v) is 8.47. The molecule has 1 saturated heterocycles. The molecule has 2 N–H and O–H groups in total. The van der Waals surface area contributed by atoms with E-state index in [1.54, 1.807) is 0 Å². The van der Waals surface area contributed by atoms with Crippen molar-refractivity contribution in [2.45, 2.75) is 33.1 Å². The van der Waals surface area contributed by atoms with Crippen molar-refractivity contribution in [3.05, 3.63) is 0 Å². The van der Waals surface area contributed by atoms with Gasteiger partial charge in [-0.05, 0) is 37.8 Å². The van der Waals surface area contributed by atoms with Gasteiger partial charge in [-0.3, -0.25) is 0 Å². The lowest BCUT2D eigenvalue weighted by Gasteiger charge is -2.50. The lowest BCUT2D eigenvalue weighted by molar-refractivity contribution is -0.00728. The van der Waals surface area contributed by atoms with Gasteiger partial charge in [0.15, 0.2) is 0 Å². The first kappa shape index (κ1) is 10.0. The third-order valence-corrected chi connectivity index (χ3v) is 3.08. The molecule has 1 fully saturated rings. The summed E-state index contributed by atoms with van der Waals surface area (Å²) in [6.07, 6.45) is 3.79. The van der Waals surface area contributed by atoms with Crippen LogP contribution in [-0.4, -0.2) is 31.1 Å². The summed E-state index contributed by atoms with van der Waals surface area (Å²) in [5, 5.41) is 0. The van der Waals surface area contributed by atoms with Crippen molar-refractivity contribution in [2.75, 3.05) is 26.2 Å². The minimum absolute atomic E-state index is 0.587. The summed E-state index contributed by atoms with van der Waals surface area (Å²) in [4.78, 5) is 2.54. The van der Waals surface area contributed by atoms with Crippen molar-refractivity contribution >= 4 is 0 Å². The molecule has 0 aromatic heterocycles. The molecule has 0 saturated carbocycles. The highest BCUT2D eigenvalue weighted by Gasteiger charge is 2.39. The van der Waals surface area contributed by atoms with Crippen LogP contribution in [0.3, 0.4) is 0 Å². The van der Waals surface area contributed by atoms with Crippen LogP contribution in [0.1, 0.15) is 33.1 Å². The fourth-order valence-electron chi connectivity index (χ4n) is 2.24. The fourth-order valence-corrected chi connectivity index (χ4v) is 2.24. The number of nitrogens with zero attached hydrogens (tertiary/aromatic N) is 1. The van der Waals surface area contributed by atoms with Gasteiger partial charge in [-0.2, -0.15) is 0 Å². The van der Waals surface area contributed by atoms with Crippen molar-refractivity contribution in [2.24, 2.45) is 11.1 Å². The molecule has 1 rings (SSSR count). The summed E-state index contributed by atoms with van der Waals surface area (Å²) in [5.74, 6) is 0. The second-order valence-corrected chi connectivity index (χ2v) is 4.10. The Morgan fingerprint density at radius 1 is 1.33 bits per heavy atom. The van der Waals surface area contributed by atoms with Crippen LogP contribution in [0.5, 0.6) is 0 Å². The second-order valence-electron chi connectivity index (χ2n) is 4.10. The van der Waals surface area contributed by atoms with Crippen LogP contribution in [0.4, 0.5) is 0 Å². The Morgan fingerprint density at radius 3 is 2.42 bits per heavy atom. The van der Waals surface area contributed by atoms with E-state index in [0.29, 0.717) is 5.41 Å². The summed E-state index contributed by atoms with van der Waals surface area (Å²) in [6.45, 7) is 9.23. The molecule has 1 aliphatic rings. The van der Waals surface area contributed by atoms with Gasteiger partial charge in [0.25, 0.3) is 0 Å². The first-order valence-electron chi connectivity index (χ1n) is 5.19. The Hall–Kier alpha value is -0.0800. The molecule has 0 bridgehead atoms. The standard InChI is InChI=1S/C10H22N2/c1-3-7-12-8-10(4-2,9-12)5-6-11/h3-9,11H2,1-2H3. The maximum atomic E-state index is 5.60. The van der Waals surface area contributed by atoms with Gasteiger partial charge in [0, 0.05) is 13.1 Å². The van der Waals surface area contributed by atoms with E-state index < -0.39 is 0 Å². The monoisotopic (exact) mass is 170 g/mol. The van der Waals surface area contributed by atoms with Crippen LogP contribution in [0.2, 0.25) is 0 Å². The maximum absolute atomic E-state index is 5.60. The van der Waals surface area contributed by atoms with Crippen LogP contribution in [0.15, 0.2) is 0 Å². The van der Waals surface area contributed by atoms with Gasteiger partial charge >= 0.3 is 0 Å². The molecule has 72 valence electrons. The van der Waals surface area contributed by atoms with E-state index in [-0.39, 0.29) is 0 Å². The second kappa shape index (κ2) is 4.24. The molecule has 0 amide bonds. The van der Waals surface area contributed by atoms with E-state index in [4.69, 9.17) is 5.73 Å².